The molecule has 0 aliphatic heterocycles. The van der Waals surface area contributed by atoms with Crippen LogP contribution in [0.2, 0.25) is 0 Å². The van der Waals surface area contributed by atoms with Crippen molar-refractivity contribution in [2.45, 2.75) is 51.5 Å². The Hall–Kier alpha value is -2.62. The number of carbonyl (C=O) groups is 2. The van der Waals surface area contributed by atoms with E-state index >= 15 is 0 Å². The number of fused-ring (bicyclic) bond motifs is 2. The first-order valence-corrected chi connectivity index (χ1v) is 9.70. The Morgan fingerprint density at radius 1 is 1.00 bits per heavy atom. The van der Waals surface area contributed by atoms with Crippen LogP contribution in [-0.2, 0) is 22.4 Å². The molecule has 0 unspecified atom stereocenters. The zero-order valence-electron chi connectivity index (χ0n) is 16.1. The summed E-state index contributed by atoms with van der Waals surface area (Å²) >= 11 is 0. The molecule has 1 aliphatic carbocycles. The zero-order valence-corrected chi connectivity index (χ0v) is 16.1. The van der Waals surface area contributed by atoms with Gasteiger partial charge in [-0.1, -0.05) is 62.4 Å². The van der Waals surface area contributed by atoms with Crippen molar-refractivity contribution in [2.75, 3.05) is 0 Å². The molecule has 4 nitrogen and oxygen atoms in total. The van der Waals surface area contributed by atoms with Gasteiger partial charge in [0.25, 0.3) is 0 Å². The van der Waals surface area contributed by atoms with Gasteiger partial charge in [-0.05, 0) is 47.4 Å². The maximum absolute atomic E-state index is 12.8. The summed E-state index contributed by atoms with van der Waals surface area (Å²) in [6, 6.07) is 16.1. The molecule has 0 saturated heterocycles. The van der Waals surface area contributed by atoms with Crippen LogP contribution in [0.5, 0.6) is 0 Å². The van der Waals surface area contributed by atoms with Crippen molar-refractivity contribution in [2.24, 2.45) is 11.7 Å². The molecular weight excluding hydrogens is 336 g/mol. The van der Waals surface area contributed by atoms with Crippen molar-refractivity contribution in [1.29, 1.82) is 0 Å². The van der Waals surface area contributed by atoms with E-state index in [1.54, 1.807) is 0 Å². The zero-order chi connectivity index (χ0) is 19.4. The highest BCUT2D eigenvalue weighted by atomic mass is 16.2. The fourth-order valence-electron chi connectivity index (χ4n) is 4.02. The van der Waals surface area contributed by atoms with Crippen LogP contribution in [-0.4, -0.2) is 17.9 Å². The third-order valence-electron chi connectivity index (χ3n) is 5.30. The van der Waals surface area contributed by atoms with E-state index in [0.717, 1.165) is 12.8 Å². The molecule has 3 N–H and O–H groups in total. The summed E-state index contributed by atoms with van der Waals surface area (Å²) in [7, 11) is 0. The first-order chi connectivity index (χ1) is 13.0. The van der Waals surface area contributed by atoms with Crippen LogP contribution < -0.4 is 11.1 Å². The largest absolute Gasteiger partial charge is 0.368 e. The highest BCUT2D eigenvalue weighted by Crippen LogP contribution is 2.36. The monoisotopic (exact) mass is 364 g/mol. The van der Waals surface area contributed by atoms with Crippen molar-refractivity contribution in [1.82, 2.24) is 5.32 Å². The number of benzene rings is 2. The average molecular weight is 364 g/mol. The predicted octanol–water partition coefficient (Wildman–Crippen LogP) is 3.32. The normalized spacial score (nSPS) is 14.8. The predicted molar refractivity (Wildman–Crippen MR) is 107 cm³/mol. The Morgan fingerprint density at radius 2 is 1.52 bits per heavy atom. The Balaban J connectivity index is 1.87. The van der Waals surface area contributed by atoms with Gasteiger partial charge in [-0.25, -0.2) is 0 Å². The lowest BCUT2D eigenvalue weighted by molar-refractivity contribution is -0.127. The summed E-state index contributed by atoms with van der Waals surface area (Å²) in [5.41, 5.74) is 10.5. The summed E-state index contributed by atoms with van der Waals surface area (Å²) < 4.78 is 0. The van der Waals surface area contributed by atoms with E-state index in [9.17, 15) is 9.59 Å². The lowest BCUT2D eigenvalue weighted by Gasteiger charge is -2.22. The van der Waals surface area contributed by atoms with Crippen molar-refractivity contribution >= 4 is 11.8 Å². The van der Waals surface area contributed by atoms with E-state index in [2.05, 4.69) is 41.7 Å². The number of hydrogen-bond donors (Lipinski definition) is 2. The van der Waals surface area contributed by atoms with Crippen LogP contribution >= 0.6 is 0 Å². The van der Waals surface area contributed by atoms with Gasteiger partial charge in [0.2, 0.25) is 11.8 Å². The van der Waals surface area contributed by atoms with Gasteiger partial charge in [0, 0.05) is 12.3 Å². The highest BCUT2D eigenvalue weighted by Gasteiger charge is 2.27. The SMILES string of the molecule is CC(C)C[C@H](NC(=O)CC1c2ccccc2CCc2ccccc21)C(N)=O. The van der Waals surface area contributed by atoms with Crippen LogP contribution in [0.3, 0.4) is 0 Å². The van der Waals surface area contributed by atoms with Crippen molar-refractivity contribution in [3.63, 3.8) is 0 Å². The van der Waals surface area contributed by atoms with Crippen LogP contribution in [0.1, 0.15) is 54.9 Å². The van der Waals surface area contributed by atoms with E-state index in [1.807, 2.05) is 26.0 Å². The molecule has 0 aromatic heterocycles. The molecule has 1 atom stereocenters. The summed E-state index contributed by atoms with van der Waals surface area (Å²) in [4.78, 5) is 24.5. The van der Waals surface area contributed by atoms with Crippen molar-refractivity contribution in [3.8, 4) is 0 Å². The minimum atomic E-state index is -0.617. The molecule has 0 radical (unpaired) electrons. The molecule has 142 valence electrons. The third kappa shape index (κ3) is 4.57. The summed E-state index contributed by atoms with van der Waals surface area (Å²) in [5, 5.41) is 2.86. The molecule has 27 heavy (non-hydrogen) atoms. The molecular formula is C23H28N2O2. The topological polar surface area (TPSA) is 72.2 Å². The maximum Gasteiger partial charge on any atom is 0.240 e. The number of rotatable bonds is 6. The molecule has 2 aromatic carbocycles. The quantitative estimate of drug-likeness (QED) is 0.825. The second-order valence-corrected chi connectivity index (χ2v) is 7.81. The average Bonchev–Trinajstić information content (AvgIpc) is 2.79. The Labute approximate surface area is 161 Å². The van der Waals surface area contributed by atoms with Crippen molar-refractivity contribution in [3.05, 3.63) is 70.8 Å². The van der Waals surface area contributed by atoms with Crippen LogP contribution in [0, 0.1) is 5.92 Å². The standard InChI is InChI=1S/C23H28N2O2/c1-15(2)13-21(23(24)27)25-22(26)14-20-18-9-5-3-7-16(18)11-12-17-8-4-6-10-19(17)20/h3-10,15,20-21H,11-14H2,1-2H3,(H2,24,27)(H,25,26)/t21-/m0/s1. The fourth-order valence-corrected chi connectivity index (χ4v) is 4.02. The van der Waals surface area contributed by atoms with E-state index in [4.69, 9.17) is 5.73 Å². The molecule has 0 fully saturated rings. The second-order valence-electron chi connectivity index (χ2n) is 7.81. The fraction of sp³-hybridized carbons (Fsp3) is 0.391. The lowest BCUT2D eigenvalue weighted by Crippen LogP contribution is -2.45. The van der Waals surface area contributed by atoms with Gasteiger partial charge in [-0.2, -0.15) is 0 Å². The van der Waals surface area contributed by atoms with E-state index in [-0.39, 0.29) is 17.7 Å². The molecule has 4 heteroatoms. The Morgan fingerprint density at radius 3 is 2.00 bits per heavy atom. The van der Waals surface area contributed by atoms with Crippen molar-refractivity contribution < 1.29 is 9.59 Å². The van der Waals surface area contributed by atoms with E-state index < -0.39 is 11.9 Å². The summed E-state index contributed by atoms with van der Waals surface area (Å²) in [6.07, 6.45) is 2.82. The van der Waals surface area contributed by atoms with Gasteiger partial charge in [0.05, 0.1) is 0 Å². The first-order valence-electron chi connectivity index (χ1n) is 9.70. The molecule has 3 rings (SSSR count). The Bertz CT molecular complexity index is 781. The molecule has 0 saturated carbocycles. The number of hydrogen-bond acceptors (Lipinski definition) is 2. The number of amides is 2. The van der Waals surface area contributed by atoms with E-state index in [1.165, 1.54) is 22.3 Å². The number of carbonyl (C=O) groups excluding carboxylic acids is 2. The van der Waals surface area contributed by atoms with Gasteiger partial charge >= 0.3 is 0 Å². The molecule has 1 aliphatic rings. The molecule has 2 aromatic rings. The lowest BCUT2D eigenvalue weighted by atomic mass is 9.85. The molecule has 0 heterocycles. The Kier molecular flexibility index (Phi) is 5.94. The van der Waals surface area contributed by atoms with Crippen LogP contribution in [0.25, 0.3) is 0 Å². The number of nitrogens with two attached hydrogens (primary N) is 1. The number of aryl methyl sites for hydroxylation is 2. The molecule has 2 amide bonds. The van der Waals surface area contributed by atoms with Gasteiger partial charge in [-0.3, -0.25) is 9.59 Å². The minimum Gasteiger partial charge on any atom is -0.368 e. The van der Waals surface area contributed by atoms with Gasteiger partial charge < -0.3 is 11.1 Å². The highest BCUT2D eigenvalue weighted by molar-refractivity contribution is 5.87. The number of primary amides is 1. The summed E-state index contributed by atoms with van der Waals surface area (Å²) in [6.45, 7) is 4.03. The smallest absolute Gasteiger partial charge is 0.240 e. The molecule has 0 spiro atoms. The van der Waals surface area contributed by atoms with Crippen LogP contribution in [0.15, 0.2) is 48.5 Å². The van der Waals surface area contributed by atoms with Gasteiger partial charge in [0.15, 0.2) is 0 Å². The van der Waals surface area contributed by atoms with Gasteiger partial charge in [0.1, 0.15) is 6.04 Å². The second kappa shape index (κ2) is 8.38. The van der Waals surface area contributed by atoms with E-state index in [0.29, 0.717) is 12.8 Å². The van der Waals surface area contributed by atoms with Gasteiger partial charge in [-0.15, -0.1) is 0 Å². The number of nitrogens with one attached hydrogen (secondary N) is 1. The maximum atomic E-state index is 12.8. The minimum absolute atomic E-state index is 0.00697. The first kappa shape index (κ1) is 19.2. The van der Waals surface area contributed by atoms with Crippen LogP contribution in [0.4, 0.5) is 0 Å². The third-order valence-corrected chi connectivity index (χ3v) is 5.30. The molecule has 0 bridgehead atoms. The summed E-state index contributed by atoms with van der Waals surface area (Å²) in [5.74, 6) is -0.329.